The van der Waals surface area contributed by atoms with Gasteiger partial charge in [0.1, 0.15) is 5.75 Å². The molecule has 0 unspecified atom stereocenters. The van der Waals surface area contributed by atoms with Gasteiger partial charge >= 0.3 is 0 Å². The molecule has 7 heteroatoms. The van der Waals surface area contributed by atoms with Gasteiger partial charge in [-0.15, -0.1) is 11.3 Å². The SMILES string of the molecule is CN(Cc1csc2ccccc12)C(=O)CS(=O)(=O)Cc1ccc(Br)cc1. The quantitative estimate of drug-likeness (QED) is 0.562. The van der Waals surface area contributed by atoms with Crippen LogP contribution < -0.4 is 0 Å². The van der Waals surface area contributed by atoms with Crippen molar-refractivity contribution in [2.24, 2.45) is 0 Å². The fraction of sp³-hybridized carbons (Fsp3) is 0.211. The van der Waals surface area contributed by atoms with Crippen LogP contribution in [0.3, 0.4) is 0 Å². The third-order valence-electron chi connectivity index (χ3n) is 4.04. The molecule has 1 amide bonds. The number of rotatable bonds is 6. The lowest BCUT2D eigenvalue weighted by atomic mass is 10.2. The first-order valence-corrected chi connectivity index (χ1v) is 11.5. The van der Waals surface area contributed by atoms with Crippen LogP contribution in [0.25, 0.3) is 10.1 Å². The van der Waals surface area contributed by atoms with Crippen molar-refractivity contribution in [2.45, 2.75) is 12.3 Å². The second-order valence-electron chi connectivity index (χ2n) is 6.17. The van der Waals surface area contributed by atoms with Crippen molar-refractivity contribution in [3.63, 3.8) is 0 Å². The Kier molecular flexibility index (Phi) is 5.79. The maximum Gasteiger partial charge on any atom is 0.237 e. The van der Waals surface area contributed by atoms with E-state index in [0.29, 0.717) is 12.1 Å². The predicted octanol–water partition coefficient (Wildman–Crippen LogP) is 4.24. The smallest absolute Gasteiger partial charge is 0.237 e. The van der Waals surface area contributed by atoms with Crippen LogP contribution >= 0.6 is 27.3 Å². The van der Waals surface area contributed by atoms with E-state index in [1.165, 1.54) is 4.90 Å². The minimum Gasteiger partial charge on any atom is -0.340 e. The molecule has 0 fully saturated rings. The highest BCUT2D eigenvalue weighted by Gasteiger charge is 2.21. The Balaban J connectivity index is 1.65. The maximum absolute atomic E-state index is 12.4. The van der Waals surface area contributed by atoms with Crippen LogP contribution in [-0.2, 0) is 26.9 Å². The van der Waals surface area contributed by atoms with Crippen LogP contribution in [0.5, 0.6) is 0 Å². The normalized spacial score (nSPS) is 11.6. The topological polar surface area (TPSA) is 54.5 Å². The van der Waals surface area contributed by atoms with Gasteiger partial charge < -0.3 is 4.90 Å². The monoisotopic (exact) mass is 451 g/mol. The summed E-state index contributed by atoms with van der Waals surface area (Å²) in [5, 5.41) is 3.12. The fourth-order valence-electron chi connectivity index (χ4n) is 2.68. The molecule has 2 aromatic carbocycles. The second-order valence-corrected chi connectivity index (χ2v) is 10.1. The van der Waals surface area contributed by atoms with Gasteiger partial charge in [-0.2, -0.15) is 0 Å². The zero-order valence-corrected chi connectivity index (χ0v) is 17.4. The summed E-state index contributed by atoms with van der Waals surface area (Å²) in [6.45, 7) is 0.399. The van der Waals surface area contributed by atoms with Gasteiger partial charge in [-0.25, -0.2) is 8.42 Å². The number of carbonyl (C=O) groups excluding carboxylic acids is 1. The van der Waals surface area contributed by atoms with E-state index in [1.807, 2.05) is 29.6 Å². The number of benzene rings is 2. The van der Waals surface area contributed by atoms with Crippen molar-refractivity contribution in [1.82, 2.24) is 4.90 Å². The highest BCUT2D eigenvalue weighted by molar-refractivity contribution is 9.10. The van der Waals surface area contributed by atoms with Gasteiger partial charge in [-0.05, 0) is 40.1 Å². The summed E-state index contributed by atoms with van der Waals surface area (Å²) < 4.78 is 26.8. The zero-order chi connectivity index (χ0) is 18.7. The first-order chi connectivity index (χ1) is 12.3. The number of sulfone groups is 1. The van der Waals surface area contributed by atoms with E-state index in [2.05, 4.69) is 15.9 Å². The Morgan fingerprint density at radius 3 is 2.54 bits per heavy atom. The van der Waals surface area contributed by atoms with Gasteiger partial charge in [0.25, 0.3) is 0 Å². The molecule has 0 aliphatic carbocycles. The molecule has 3 aromatic rings. The molecule has 0 N–H and O–H groups in total. The summed E-state index contributed by atoms with van der Waals surface area (Å²) in [5.74, 6) is -1.01. The molecule has 4 nitrogen and oxygen atoms in total. The van der Waals surface area contributed by atoms with Gasteiger partial charge in [0.2, 0.25) is 5.91 Å². The van der Waals surface area contributed by atoms with Crippen LogP contribution in [0.15, 0.2) is 58.4 Å². The predicted molar refractivity (Wildman–Crippen MR) is 110 cm³/mol. The van der Waals surface area contributed by atoms with Crippen LogP contribution in [0.1, 0.15) is 11.1 Å². The molecule has 0 radical (unpaired) electrons. The van der Waals surface area contributed by atoms with E-state index in [1.54, 1.807) is 42.6 Å². The minimum absolute atomic E-state index is 0.138. The Morgan fingerprint density at radius 2 is 1.81 bits per heavy atom. The lowest BCUT2D eigenvalue weighted by molar-refractivity contribution is -0.127. The number of hydrogen-bond acceptors (Lipinski definition) is 4. The first-order valence-electron chi connectivity index (χ1n) is 7.98. The maximum atomic E-state index is 12.4. The van der Waals surface area contributed by atoms with E-state index in [0.717, 1.165) is 20.1 Å². The summed E-state index contributed by atoms with van der Waals surface area (Å²) in [6, 6.07) is 15.1. The summed E-state index contributed by atoms with van der Waals surface area (Å²) in [7, 11) is -1.87. The number of halogens is 1. The molecule has 0 saturated carbocycles. The van der Waals surface area contributed by atoms with E-state index in [4.69, 9.17) is 0 Å². The van der Waals surface area contributed by atoms with E-state index in [-0.39, 0.29) is 5.75 Å². The summed E-state index contributed by atoms with van der Waals surface area (Å²) >= 11 is 4.94. The first kappa shape index (κ1) is 19.1. The molecule has 0 atom stereocenters. The second kappa shape index (κ2) is 7.90. The van der Waals surface area contributed by atoms with Crippen molar-refractivity contribution < 1.29 is 13.2 Å². The Bertz CT molecular complexity index is 1030. The van der Waals surface area contributed by atoms with Crippen molar-refractivity contribution >= 4 is 53.1 Å². The third kappa shape index (κ3) is 4.72. The molecule has 0 bridgehead atoms. The molecule has 0 aliphatic rings. The molecule has 0 saturated heterocycles. The molecule has 136 valence electrons. The summed E-state index contributed by atoms with van der Waals surface area (Å²) in [5.41, 5.74) is 1.71. The standard InChI is InChI=1S/C19H18BrNO3S2/c1-21(10-15-11-25-18-5-3-2-4-17(15)18)19(22)13-26(23,24)12-14-6-8-16(20)9-7-14/h2-9,11H,10,12-13H2,1H3. The number of thiophene rings is 1. The molecular weight excluding hydrogens is 434 g/mol. The molecule has 1 aromatic heterocycles. The van der Waals surface area contributed by atoms with Crippen LogP contribution in [0.4, 0.5) is 0 Å². The van der Waals surface area contributed by atoms with Crippen molar-refractivity contribution in [3.05, 3.63) is 69.5 Å². The number of fused-ring (bicyclic) bond motifs is 1. The lowest BCUT2D eigenvalue weighted by Gasteiger charge is -2.17. The summed E-state index contributed by atoms with van der Waals surface area (Å²) in [6.07, 6.45) is 0. The number of amides is 1. The van der Waals surface area contributed by atoms with Crippen molar-refractivity contribution in [2.75, 3.05) is 12.8 Å². The largest absolute Gasteiger partial charge is 0.340 e. The third-order valence-corrected chi connectivity index (χ3v) is 7.04. The van der Waals surface area contributed by atoms with Crippen LogP contribution in [0.2, 0.25) is 0 Å². The number of hydrogen-bond donors (Lipinski definition) is 0. The highest BCUT2D eigenvalue weighted by atomic mass is 79.9. The van der Waals surface area contributed by atoms with Gasteiger partial charge in [0, 0.05) is 22.8 Å². The average molecular weight is 452 g/mol. The number of nitrogens with zero attached hydrogens (tertiary/aromatic N) is 1. The Labute approximate surface area is 165 Å². The fourth-order valence-corrected chi connectivity index (χ4v) is 5.30. The van der Waals surface area contributed by atoms with Gasteiger partial charge in [-0.1, -0.05) is 46.3 Å². The van der Waals surface area contributed by atoms with E-state index >= 15 is 0 Å². The number of carbonyl (C=O) groups is 1. The molecule has 0 spiro atoms. The zero-order valence-electron chi connectivity index (χ0n) is 14.2. The van der Waals surface area contributed by atoms with Crippen LogP contribution in [0, 0.1) is 0 Å². The summed E-state index contributed by atoms with van der Waals surface area (Å²) in [4.78, 5) is 13.9. The van der Waals surface area contributed by atoms with E-state index in [9.17, 15) is 13.2 Å². The van der Waals surface area contributed by atoms with Gasteiger partial charge in [-0.3, -0.25) is 4.79 Å². The lowest BCUT2D eigenvalue weighted by Crippen LogP contribution is -2.32. The highest BCUT2D eigenvalue weighted by Crippen LogP contribution is 2.26. The molecule has 1 heterocycles. The Morgan fingerprint density at radius 1 is 1.12 bits per heavy atom. The minimum atomic E-state index is -3.52. The van der Waals surface area contributed by atoms with Crippen molar-refractivity contribution in [3.8, 4) is 0 Å². The Hall–Kier alpha value is -1.70. The molecule has 26 heavy (non-hydrogen) atoms. The average Bonchev–Trinajstić information content (AvgIpc) is 2.99. The van der Waals surface area contributed by atoms with Crippen molar-refractivity contribution in [1.29, 1.82) is 0 Å². The molecule has 3 rings (SSSR count). The van der Waals surface area contributed by atoms with E-state index < -0.39 is 21.5 Å². The van der Waals surface area contributed by atoms with Crippen LogP contribution in [-0.4, -0.2) is 32.0 Å². The molecule has 0 aliphatic heterocycles. The van der Waals surface area contributed by atoms with Gasteiger partial charge in [0.15, 0.2) is 9.84 Å². The van der Waals surface area contributed by atoms with Gasteiger partial charge in [0.05, 0.1) is 5.75 Å². The molecular formula is C19H18BrNO3S2.